The third-order valence-corrected chi connectivity index (χ3v) is 5.55. The standard InChI is InChI=1S/C22H22N6O2/c1-27-14-25-26-21(27)15-6-8-28(9-7-15)20-16(11-23)4-3-5-19(20)17-10-18(13-24-12-17)22(29)30-2/h3-5,10,12-15H,6-9H2,1-2H3. The Morgan fingerprint density at radius 1 is 1.27 bits per heavy atom. The minimum atomic E-state index is -0.438. The maximum absolute atomic E-state index is 11.9. The molecule has 0 N–H and O–H groups in total. The quantitative estimate of drug-likeness (QED) is 0.619. The summed E-state index contributed by atoms with van der Waals surface area (Å²) < 4.78 is 6.79. The number of aromatic nitrogens is 4. The number of rotatable bonds is 4. The number of nitriles is 1. The van der Waals surface area contributed by atoms with Crippen LogP contribution in [0.3, 0.4) is 0 Å². The highest BCUT2D eigenvalue weighted by atomic mass is 16.5. The van der Waals surface area contributed by atoms with Gasteiger partial charge in [0.05, 0.1) is 23.9 Å². The monoisotopic (exact) mass is 402 g/mol. The number of hydrogen-bond acceptors (Lipinski definition) is 7. The van der Waals surface area contributed by atoms with Gasteiger partial charge in [0, 0.05) is 49.6 Å². The summed E-state index contributed by atoms with van der Waals surface area (Å²) in [7, 11) is 3.31. The first-order valence-corrected chi connectivity index (χ1v) is 9.78. The van der Waals surface area contributed by atoms with Crippen LogP contribution in [0.15, 0.2) is 43.0 Å². The number of benzene rings is 1. The number of carbonyl (C=O) groups excluding carboxylic acids is 1. The van der Waals surface area contributed by atoms with Gasteiger partial charge in [0.2, 0.25) is 0 Å². The van der Waals surface area contributed by atoms with Crippen LogP contribution in [0.1, 0.15) is 40.5 Å². The molecule has 8 heteroatoms. The van der Waals surface area contributed by atoms with Crippen molar-refractivity contribution >= 4 is 11.7 Å². The highest BCUT2D eigenvalue weighted by Crippen LogP contribution is 2.37. The van der Waals surface area contributed by atoms with Gasteiger partial charge in [-0.25, -0.2) is 4.79 Å². The second-order valence-corrected chi connectivity index (χ2v) is 7.33. The van der Waals surface area contributed by atoms with Gasteiger partial charge >= 0.3 is 5.97 Å². The normalized spacial score (nSPS) is 14.4. The average molecular weight is 402 g/mol. The molecule has 3 aromatic rings. The Hall–Kier alpha value is -3.73. The van der Waals surface area contributed by atoms with E-state index in [2.05, 4.69) is 26.2 Å². The summed E-state index contributed by atoms with van der Waals surface area (Å²) in [6, 6.07) is 9.72. The molecule has 1 aromatic carbocycles. The molecule has 3 heterocycles. The zero-order valence-electron chi connectivity index (χ0n) is 16.9. The number of ether oxygens (including phenoxy) is 1. The fourth-order valence-electron chi connectivity index (χ4n) is 4.05. The lowest BCUT2D eigenvalue weighted by Gasteiger charge is -2.35. The molecule has 8 nitrogen and oxygen atoms in total. The van der Waals surface area contributed by atoms with Crippen molar-refractivity contribution in [1.82, 2.24) is 19.7 Å². The van der Waals surface area contributed by atoms with Crippen molar-refractivity contribution in [2.24, 2.45) is 7.05 Å². The molecule has 30 heavy (non-hydrogen) atoms. The van der Waals surface area contributed by atoms with Crippen LogP contribution in [-0.4, -0.2) is 45.9 Å². The number of anilines is 1. The van der Waals surface area contributed by atoms with Gasteiger partial charge in [-0.3, -0.25) is 4.98 Å². The molecule has 1 saturated heterocycles. The van der Waals surface area contributed by atoms with Gasteiger partial charge in [0.1, 0.15) is 18.2 Å². The van der Waals surface area contributed by atoms with Gasteiger partial charge in [0.25, 0.3) is 0 Å². The Morgan fingerprint density at radius 3 is 2.73 bits per heavy atom. The largest absolute Gasteiger partial charge is 0.465 e. The highest BCUT2D eigenvalue weighted by Gasteiger charge is 2.27. The van der Waals surface area contributed by atoms with Gasteiger partial charge < -0.3 is 14.2 Å². The molecule has 152 valence electrons. The van der Waals surface area contributed by atoms with Gasteiger partial charge in [0.15, 0.2) is 0 Å². The lowest BCUT2D eigenvalue weighted by Crippen LogP contribution is -2.34. The Labute approximate surface area is 174 Å². The lowest BCUT2D eigenvalue weighted by atomic mass is 9.93. The number of esters is 1. The zero-order valence-corrected chi connectivity index (χ0v) is 16.9. The van der Waals surface area contributed by atoms with E-state index < -0.39 is 5.97 Å². The summed E-state index contributed by atoms with van der Waals surface area (Å²) in [6.45, 7) is 1.60. The second-order valence-electron chi connectivity index (χ2n) is 7.33. The first kappa shape index (κ1) is 19.6. The van der Waals surface area contributed by atoms with Crippen LogP contribution in [-0.2, 0) is 11.8 Å². The van der Waals surface area contributed by atoms with Gasteiger partial charge in [-0.2, -0.15) is 5.26 Å². The number of hydrogen-bond donors (Lipinski definition) is 0. The summed E-state index contributed by atoms with van der Waals surface area (Å²) in [6.07, 6.45) is 6.76. The predicted octanol–water partition coefficient (Wildman–Crippen LogP) is 2.92. The van der Waals surface area contributed by atoms with Crippen molar-refractivity contribution in [1.29, 1.82) is 5.26 Å². The fourth-order valence-corrected chi connectivity index (χ4v) is 4.05. The van der Waals surface area contributed by atoms with Crippen molar-refractivity contribution in [2.45, 2.75) is 18.8 Å². The molecule has 2 aromatic heterocycles. The smallest absolute Gasteiger partial charge is 0.339 e. The first-order chi connectivity index (χ1) is 14.6. The number of aryl methyl sites for hydroxylation is 1. The van der Waals surface area contributed by atoms with Crippen LogP contribution >= 0.6 is 0 Å². The third-order valence-electron chi connectivity index (χ3n) is 5.55. The van der Waals surface area contributed by atoms with Crippen LogP contribution in [0.5, 0.6) is 0 Å². The minimum absolute atomic E-state index is 0.343. The van der Waals surface area contributed by atoms with Gasteiger partial charge in [-0.15, -0.1) is 10.2 Å². The van der Waals surface area contributed by atoms with E-state index in [9.17, 15) is 10.1 Å². The topological polar surface area (TPSA) is 96.9 Å². The number of carbonyl (C=O) groups is 1. The molecule has 0 amide bonds. The number of piperidine rings is 1. The molecular weight excluding hydrogens is 380 g/mol. The van der Waals surface area contributed by atoms with Crippen molar-refractivity contribution in [3.63, 3.8) is 0 Å². The van der Waals surface area contributed by atoms with Gasteiger partial charge in [-0.1, -0.05) is 12.1 Å². The summed E-state index contributed by atoms with van der Waals surface area (Å²) in [5.74, 6) is 0.904. The molecule has 0 unspecified atom stereocenters. The Balaban J connectivity index is 1.67. The van der Waals surface area contributed by atoms with Crippen LogP contribution in [0.4, 0.5) is 5.69 Å². The van der Waals surface area contributed by atoms with Crippen molar-refractivity contribution in [3.05, 3.63) is 59.9 Å². The van der Waals surface area contributed by atoms with Crippen molar-refractivity contribution in [2.75, 3.05) is 25.1 Å². The molecule has 0 aliphatic carbocycles. The van der Waals surface area contributed by atoms with Crippen molar-refractivity contribution in [3.8, 4) is 17.2 Å². The molecule has 1 fully saturated rings. The first-order valence-electron chi connectivity index (χ1n) is 9.78. The van der Waals surface area contributed by atoms with E-state index in [4.69, 9.17) is 4.74 Å². The van der Waals surface area contributed by atoms with Gasteiger partial charge in [-0.05, 0) is 25.0 Å². The molecule has 4 rings (SSSR count). The Kier molecular flexibility index (Phi) is 5.44. The van der Waals surface area contributed by atoms with Crippen LogP contribution in [0, 0.1) is 11.3 Å². The SMILES string of the molecule is COC(=O)c1cncc(-c2cccc(C#N)c2N2CCC(c3nncn3C)CC2)c1. The summed E-state index contributed by atoms with van der Waals surface area (Å²) in [4.78, 5) is 18.4. The summed E-state index contributed by atoms with van der Waals surface area (Å²) in [5, 5.41) is 18.0. The van der Waals surface area contributed by atoms with Crippen LogP contribution in [0.2, 0.25) is 0 Å². The average Bonchev–Trinajstić information content (AvgIpc) is 3.24. The lowest BCUT2D eigenvalue weighted by molar-refractivity contribution is 0.0600. The van der Waals surface area contributed by atoms with E-state index in [0.29, 0.717) is 17.0 Å². The van der Waals surface area contributed by atoms with E-state index in [1.807, 2.05) is 29.8 Å². The maximum atomic E-state index is 11.9. The number of para-hydroxylation sites is 1. The predicted molar refractivity (Wildman–Crippen MR) is 111 cm³/mol. The molecule has 1 aliphatic rings. The Bertz CT molecular complexity index is 1110. The van der Waals surface area contributed by atoms with E-state index in [1.54, 1.807) is 18.6 Å². The third kappa shape index (κ3) is 3.62. The number of methoxy groups -OCH3 is 1. The second kappa shape index (κ2) is 8.33. The molecule has 0 spiro atoms. The van der Waals surface area contributed by atoms with Crippen molar-refractivity contribution < 1.29 is 9.53 Å². The zero-order chi connectivity index (χ0) is 21.1. The molecule has 0 bridgehead atoms. The highest BCUT2D eigenvalue weighted by molar-refractivity contribution is 5.92. The Morgan fingerprint density at radius 2 is 2.07 bits per heavy atom. The van der Waals surface area contributed by atoms with Crippen LogP contribution in [0.25, 0.3) is 11.1 Å². The van der Waals surface area contributed by atoms with Crippen LogP contribution < -0.4 is 4.90 Å². The maximum Gasteiger partial charge on any atom is 0.339 e. The van der Waals surface area contributed by atoms with E-state index in [1.165, 1.54) is 13.3 Å². The molecule has 0 atom stereocenters. The molecule has 0 saturated carbocycles. The fraction of sp³-hybridized carbons (Fsp3) is 0.318. The molecular formula is C22H22N6O2. The molecule has 1 aliphatic heterocycles. The number of pyridine rings is 1. The van der Waals surface area contributed by atoms with E-state index in [0.717, 1.165) is 48.6 Å². The summed E-state index contributed by atoms with van der Waals surface area (Å²) >= 11 is 0. The summed E-state index contributed by atoms with van der Waals surface area (Å²) in [5.41, 5.74) is 3.52. The minimum Gasteiger partial charge on any atom is -0.465 e. The van der Waals surface area contributed by atoms with E-state index in [-0.39, 0.29) is 0 Å². The number of nitrogens with zero attached hydrogens (tertiary/aromatic N) is 6. The molecule has 0 radical (unpaired) electrons. The van der Waals surface area contributed by atoms with E-state index >= 15 is 0 Å².